The molecule has 0 fully saturated rings. The molecule has 23 nitrogen and oxygen atoms in total. The zero-order valence-electron chi connectivity index (χ0n) is 51.6. The first-order valence-corrected chi connectivity index (χ1v) is 29.8. The van der Waals surface area contributed by atoms with Crippen molar-refractivity contribution in [3.8, 4) is 45.0 Å². The van der Waals surface area contributed by atoms with Crippen LogP contribution in [-0.4, -0.2) is 92.5 Å². The van der Waals surface area contributed by atoms with E-state index in [1.54, 1.807) is 46.2 Å². The number of methoxy groups -OCH3 is 1. The van der Waals surface area contributed by atoms with Crippen molar-refractivity contribution in [2.75, 3.05) is 17.3 Å². The molecule has 0 bridgehead atoms. The molecule has 24 heteroatoms. The maximum absolute atomic E-state index is 13.5. The summed E-state index contributed by atoms with van der Waals surface area (Å²) in [5, 5.41) is 51.0. The summed E-state index contributed by atoms with van der Waals surface area (Å²) < 4.78 is 18.8. The highest BCUT2D eigenvalue weighted by Gasteiger charge is 2.33. The molecule has 1 N–H and O–H groups in total. The van der Waals surface area contributed by atoms with Gasteiger partial charge in [0.15, 0.2) is 17.4 Å². The number of carbonyl (C=O) groups is 4. The fourth-order valence-corrected chi connectivity index (χ4v) is 9.81. The number of anilines is 2. The van der Waals surface area contributed by atoms with Crippen LogP contribution in [0.2, 0.25) is 0 Å². The molecule has 2 heterocycles. The summed E-state index contributed by atoms with van der Waals surface area (Å²) >= 11 is 3.50. The average molecular weight is 1310 g/mol. The normalized spacial score (nSPS) is 11.0. The highest BCUT2D eigenvalue weighted by atomic mass is 79.9. The van der Waals surface area contributed by atoms with Crippen molar-refractivity contribution in [1.29, 1.82) is 0 Å². The monoisotopic (exact) mass is 1300 g/mol. The number of para-hydroxylation sites is 2. The van der Waals surface area contributed by atoms with Crippen molar-refractivity contribution in [2.45, 2.75) is 84.6 Å². The molecule has 92 heavy (non-hydrogen) atoms. The molecule has 0 atom stereocenters. The molecule has 2 aromatic heterocycles. The Labute approximate surface area is 538 Å². The van der Waals surface area contributed by atoms with Crippen LogP contribution in [0.3, 0.4) is 0 Å². The number of esters is 1. The van der Waals surface area contributed by atoms with Crippen LogP contribution in [0.15, 0.2) is 194 Å². The predicted molar refractivity (Wildman–Crippen MR) is 351 cm³/mol. The van der Waals surface area contributed by atoms with Crippen molar-refractivity contribution < 1.29 is 43.2 Å². The van der Waals surface area contributed by atoms with E-state index in [0.29, 0.717) is 24.5 Å². The Morgan fingerprint density at radius 1 is 0.533 bits per heavy atom. The third-order valence-corrected chi connectivity index (χ3v) is 14.2. The number of Topliss-reactive ketones (excluding diaryl/α,β-unsaturated/α-hetero) is 1. The first-order chi connectivity index (χ1) is 44.0. The highest BCUT2D eigenvalue weighted by Crippen LogP contribution is 2.37. The number of amides is 2. The Hall–Kier alpha value is -11.1. The maximum Gasteiger partial charge on any atom is 0.415 e. The Morgan fingerprint density at radius 3 is 1.40 bits per heavy atom. The summed E-state index contributed by atoms with van der Waals surface area (Å²) in [6, 6.07) is 60.1. The van der Waals surface area contributed by atoms with E-state index >= 15 is 0 Å². The zero-order valence-corrected chi connectivity index (χ0v) is 53.2. The van der Waals surface area contributed by atoms with Crippen molar-refractivity contribution in [3.05, 3.63) is 248 Å². The smallest absolute Gasteiger partial charge is 0.415 e. The van der Waals surface area contributed by atoms with Gasteiger partial charge in [0.25, 0.3) is 11.4 Å². The van der Waals surface area contributed by atoms with Crippen LogP contribution >= 0.6 is 15.9 Å². The van der Waals surface area contributed by atoms with Gasteiger partial charge in [-0.25, -0.2) is 23.7 Å². The Bertz CT molecular complexity index is 4200. The number of ketones is 1. The van der Waals surface area contributed by atoms with E-state index in [1.165, 1.54) is 54.4 Å². The van der Waals surface area contributed by atoms with E-state index in [-0.39, 0.29) is 34.7 Å². The second kappa shape index (κ2) is 30.4. The summed E-state index contributed by atoms with van der Waals surface area (Å²) in [4.78, 5) is 72.3. The molecule has 8 aromatic carbocycles. The third kappa shape index (κ3) is 17.6. The van der Waals surface area contributed by atoms with Gasteiger partial charge in [-0.05, 0) is 126 Å². The summed E-state index contributed by atoms with van der Waals surface area (Å²) in [6.45, 7) is 12.4. The minimum Gasteiger partial charge on any atom is -0.465 e. The molecule has 0 aliphatic rings. The van der Waals surface area contributed by atoms with Crippen LogP contribution < -0.4 is 10.2 Å². The lowest BCUT2D eigenvalue weighted by Crippen LogP contribution is -2.37. The minimum absolute atomic E-state index is 0.0498. The minimum atomic E-state index is -0.901. The number of aromatic nitrogens is 8. The highest BCUT2D eigenvalue weighted by molar-refractivity contribution is 9.08. The van der Waals surface area contributed by atoms with Gasteiger partial charge in [-0.3, -0.25) is 35.2 Å². The van der Waals surface area contributed by atoms with E-state index in [2.05, 4.69) is 106 Å². The van der Waals surface area contributed by atoms with Crippen LogP contribution in [0, 0.1) is 20.2 Å². The number of halogens is 1. The van der Waals surface area contributed by atoms with Crippen LogP contribution in [0.5, 0.6) is 0 Å². The number of nitro groups is 2. The second-order valence-corrected chi connectivity index (χ2v) is 23.1. The Kier molecular flexibility index (Phi) is 22.1. The lowest BCUT2D eigenvalue weighted by atomic mass is 9.98. The maximum atomic E-state index is 13.5. The topological polar surface area (TPSA) is 285 Å². The van der Waals surface area contributed by atoms with E-state index in [4.69, 9.17) is 9.47 Å². The molecule has 0 aliphatic heterocycles. The van der Waals surface area contributed by atoms with E-state index in [0.717, 1.165) is 62.1 Å². The number of nitrogens with zero attached hydrogens (tertiary/aromatic N) is 11. The fourth-order valence-electron chi connectivity index (χ4n) is 9.43. The first kappa shape index (κ1) is 66.8. The summed E-state index contributed by atoms with van der Waals surface area (Å²) in [7, 11) is 1.14. The number of hydrogen-bond donors (Lipinski definition) is 1. The summed E-state index contributed by atoms with van der Waals surface area (Å²) in [5.41, 5.74) is 7.17. The molecule has 0 spiro atoms. The van der Waals surface area contributed by atoms with Crippen LogP contribution in [-0.2, 0) is 39.2 Å². The van der Waals surface area contributed by atoms with Gasteiger partial charge >= 0.3 is 18.2 Å². The van der Waals surface area contributed by atoms with E-state index in [1.807, 2.05) is 114 Å². The van der Waals surface area contributed by atoms with Gasteiger partial charge in [-0.15, -0.1) is 10.2 Å². The van der Waals surface area contributed by atoms with Gasteiger partial charge in [0.05, 0.1) is 42.2 Å². The lowest BCUT2D eigenvalue weighted by molar-refractivity contribution is -0.384. The van der Waals surface area contributed by atoms with Gasteiger partial charge in [0.2, 0.25) is 0 Å². The fraction of sp³-hybridized carbons (Fsp3) is 0.206. The molecule has 0 unspecified atom stereocenters. The second-order valence-electron chi connectivity index (χ2n) is 22.5. The largest absolute Gasteiger partial charge is 0.465 e. The number of carbonyl (C=O) groups excluding carboxylic acids is 4. The van der Waals surface area contributed by atoms with E-state index in [9.17, 15) is 39.4 Å². The molecule has 10 rings (SSSR count). The number of nitrogens with one attached hydrogen (secondary N) is 1. The SMILES string of the molecule is BrCc1ccc(-c2ccccc2-c2nnnn2Cc2ccccc2)cc1.CC(=O)c1cccc([N+](=O)[O-])c1N(Cc1ccc(-c2ccccc2-c2nnnn2Cc2ccccc2)cc1)C(=O)OC(C)(C)C.COC(=O)c1cccc([N+](=O)[O-])c1NC(=O)OC(C)(C)C. The predicted octanol–water partition coefficient (Wildman–Crippen LogP) is 14.8. The van der Waals surface area contributed by atoms with E-state index < -0.39 is 50.7 Å². The molecule has 0 saturated carbocycles. The number of nitro benzene ring substituents is 2. The number of tetrazole rings is 2. The Balaban J connectivity index is 0.000000196. The van der Waals surface area contributed by atoms with Crippen LogP contribution in [0.25, 0.3) is 45.0 Å². The number of rotatable bonds is 17. The average Bonchev–Trinajstić information content (AvgIpc) is 1.24. The van der Waals surface area contributed by atoms with Crippen molar-refractivity contribution in [3.63, 3.8) is 0 Å². The lowest BCUT2D eigenvalue weighted by Gasteiger charge is -2.28. The number of hydrogen-bond acceptors (Lipinski definition) is 17. The molecule has 2 amide bonds. The summed E-state index contributed by atoms with van der Waals surface area (Å²) in [5.74, 6) is 0.172. The molecule has 0 aliphatic carbocycles. The van der Waals surface area contributed by atoms with Crippen molar-refractivity contribution in [1.82, 2.24) is 40.4 Å². The quantitative estimate of drug-likeness (QED) is 0.0221. The van der Waals surface area contributed by atoms with Gasteiger partial charge in [-0.2, -0.15) is 0 Å². The molecular formula is C68H65BrN12O11. The van der Waals surface area contributed by atoms with Crippen LogP contribution in [0.1, 0.15) is 91.4 Å². The number of alkyl halides is 1. The van der Waals surface area contributed by atoms with Crippen molar-refractivity contribution >= 4 is 62.6 Å². The summed E-state index contributed by atoms with van der Waals surface area (Å²) in [6.07, 6.45) is -1.71. The molecule has 0 saturated heterocycles. The Morgan fingerprint density at radius 2 is 0.967 bits per heavy atom. The van der Waals surface area contributed by atoms with Gasteiger partial charge in [0, 0.05) is 34.2 Å². The van der Waals surface area contributed by atoms with Crippen LogP contribution in [0.4, 0.5) is 32.3 Å². The zero-order chi connectivity index (χ0) is 66.1. The van der Waals surface area contributed by atoms with Gasteiger partial charge < -0.3 is 14.2 Å². The van der Waals surface area contributed by atoms with Crippen molar-refractivity contribution in [2.24, 2.45) is 0 Å². The number of ether oxygens (including phenoxy) is 3. The van der Waals surface area contributed by atoms with Gasteiger partial charge in [0.1, 0.15) is 22.6 Å². The molecular weight excluding hydrogens is 1240 g/mol. The van der Waals surface area contributed by atoms with Gasteiger partial charge in [-0.1, -0.05) is 186 Å². The molecule has 0 radical (unpaired) electrons. The first-order valence-electron chi connectivity index (χ1n) is 28.7. The number of benzene rings is 8. The standard InChI is InChI=1S/C34H32N6O5.C21H17BrN4.C13H16N2O6/c1-23(41)27-15-10-16-30(40(43)44)31(27)38(33(42)45-34(2,3)4)21-25-17-19-26(20-18-25)28-13-8-9-14-29(28)32-35-36-37-39(32)22-24-11-6-5-7-12-24;22-14-16-10-12-18(13-11-16)19-8-4-5-9-20(19)21-23-24-25-26(21)15-17-6-2-1-3-7-17;1-13(2,3)21-12(17)14-10-8(11(16)20-4)6-5-7-9(10)15(18)19/h5-20H,21-22H2,1-4H3;1-13H,14-15H2;5-7H,1-4H3,(H,14,17). The molecule has 10 aromatic rings. The third-order valence-electron chi connectivity index (χ3n) is 13.5. The molecule has 470 valence electrons.